The Morgan fingerprint density at radius 2 is 1.77 bits per heavy atom. The molecule has 0 radical (unpaired) electrons. The first-order valence-electron chi connectivity index (χ1n) is 6.54. The molecule has 0 atom stereocenters. The third kappa shape index (κ3) is 2.86. The van der Waals surface area contributed by atoms with Gasteiger partial charge in [-0.25, -0.2) is 13.2 Å². The molecule has 0 aliphatic heterocycles. The minimum absolute atomic E-state index is 0.0332. The highest BCUT2D eigenvalue weighted by Gasteiger charge is 2.27. The van der Waals surface area contributed by atoms with Crippen molar-refractivity contribution in [3.63, 3.8) is 0 Å². The molecule has 0 unspecified atom stereocenters. The fraction of sp³-hybridized carbons (Fsp3) is 0.267. The summed E-state index contributed by atoms with van der Waals surface area (Å²) in [5.41, 5.74) is 2.83. The van der Waals surface area contributed by atoms with Crippen molar-refractivity contribution in [2.45, 2.75) is 25.0 Å². The van der Waals surface area contributed by atoms with E-state index in [1.54, 1.807) is 13.0 Å². The summed E-state index contributed by atoms with van der Waals surface area (Å²) >= 11 is 0.778. The number of thiophene rings is 1. The van der Waals surface area contributed by atoms with Gasteiger partial charge in [0.15, 0.2) is 0 Å². The number of sulfonamides is 1. The average molecular weight is 339 g/mol. The summed E-state index contributed by atoms with van der Waals surface area (Å²) in [5, 5.41) is 9.08. The van der Waals surface area contributed by atoms with E-state index in [2.05, 4.69) is 0 Å². The standard InChI is InChI=1S/C15H17NO4S2/c1-9-5-6-10(2)12(7-9)16(4)22(19,20)13-8-11(3)14(21-13)15(17)18/h5-8H,1-4H3,(H,17,18). The van der Waals surface area contributed by atoms with E-state index in [4.69, 9.17) is 5.11 Å². The molecule has 0 amide bonds. The van der Waals surface area contributed by atoms with Crippen LogP contribution in [-0.4, -0.2) is 26.5 Å². The molecule has 0 aliphatic carbocycles. The van der Waals surface area contributed by atoms with E-state index in [0.717, 1.165) is 22.5 Å². The van der Waals surface area contributed by atoms with Crippen molar-refractivity contribution in [2.75, 3.05) is 11.4 Å². The largest absolute Gasteiger partial charge is 0.477 e. The third-order valence-corrected chi connectivity index (χ3v) is 6.85. The SMILES string of the molecule is Cc1ccc(C)c(N(C)S(=O)(=O)c2cc(C)c(C(=O)O)s2)c1. The minimum atomic E-state index is -3.78. The molecule has 2 aromatic rings. The van der Waals surface area contributed by atoms with Gasteiger partial charge in [-0.1, -0.05) is 12.1 Å². The van der Waals surface area contributed by atoms with Crippen molar-refractivity contribution >= 4 is 33.0 Å². The zero-order valence-corrected chi connectivity index (χ0v) is 14.4. The zero-order valence-electron chi connectivity index (χ0n) is 12.7. The monoisotopic (exact) mass is 339 g/mol. The van der Waals surface area contributed by atoms with Crippen LogP contribution in [0.1, 0.15) is 26.4 Å². The van der Waals surface area contributed by atoms with Gasteiger partial charge in [0.05, 0.1) is 5.69 Å². The highest BCUT2D eigenvalue weighted by Crippen LogP contribution is 2.31. The second-order valence-corrected chi connectivity index (χ2v) is 8.39. The van der Waals surface area contributed by atoms with E-state index in [1.165, 1.54) is 17.4 Å². The molecule has 1 heterocycles. The van der Waals surface area contributed by atoms with Gasteiger partial charge in [-0.15, -0.1) is 11.3 Å². The topological polar surface area (TPSA) is 74.7 Å². The second kappa shape index (κ2) is 5.73. The van der Waals surface area contributed by atoms with E-state index in [9.17, 15) is 13.2 Å². The van der Waals surface area contributed by atoms with Crippen LogP contribution in [0.15, 0.2) is 28.5 Å². The first-order valence-corrected chi connectivity index (χ1v) is 8.80. The van der Waals surface area contributed by atoms with Gasteiger partial charge >= 0.3 is 5.97 Å². The fourth-order valence-electron chi connectivity index (χ4n) is 2.12. The number of anilines is 1. The molecule has 5 nitrogen and oxygen atoms in total. The molecule has 0 saturated carbocycles. The first kappa shape index (κ1) is 16.5. The molecule has 0 aliphatic rings. The number of aryl methyl sites for hydroxylation is 3. The van der Waals surface area contributed by atoms with Crippen molar-refractivity contribution < 1.29 is 18.3 Å². The van der Waals surface area contributed by atoms with Crippen molar-refractivity contribution in [3.8, 4) is 0 Å². The van der Waals surface area contributed by atoms with Gasteiger partial charge in [-0.2, -0.15) is 0 Å². The van der Waals surface area contributed by atoms with Crippen molar-refractivity contribution in [1.29, 1.82) is 0 Å². The van der Waals surface area contributed by atoms with Gasteiger partial charge in [-0.3, -0.25) is 4.31 Å². The lowest BCUT2D eigenvalue weighted by molar-refractivity contribution is 0.0701. The lowest BCUT2D eigenvalue weighted by atomic mass is 10.1. The van der Waals surface area contributed by atoms with Gasteiger partial charge in [0.2, 0.25) is 0 Å². The molecule has 22 heavy (non-hydrogen) atoms. The summed E-state index contributed by atoms with van der Waals surface area (Å²) in [6.45, 7) is 5.32. The van der Waals surface area contributed by atoms with Crippen LogP contribution < -0.4 is 4.31 Å². The average Bonchev–Trinajstić information content (AvgIpc) is 2.83. The predicted molar refractivity (Wildman–Crippen MR) is 87.5 cm³/mol. The summed E-state index contributed by atoms with van der Waals surface area (Å²) in [6, 6.07) is 6.98. The predicted octanol–water partition coefficient (Wildman–Crippen LogP) is 3.20. The van der Waals surface area contributed by atoms with Gasteiger partial charge in [0.25, 0.3) is 10.0 Å². The van der Waals surface area contributed by atoms with Crippen LogP contribution in [0.4, 0.5) is 5.69 Å². The summed E-state index contributed by atoms with van der Waals surface area (Å²) in [7, 11) is -2.30. The highest BCUT2D eigenvalue weighted by molar-refractivity contribution is 7.94. The molecule has 7 heteroatoms. The fourth-order valence-corrected chi connectivity index (χ4v) is 4.92. The quantitative estimate of drug-likeness (QED) is 0.928. The molecule has 2 rings (SSSR count). The number of aromatic carboxylic acids is 1. The summed E-state index contributed by atoms with van der Waals surface area (Å²) in [5.74, 6) is -1.11. The second-order valence-electron chi connectivity index (χ2n) is 5.15. The molecule has 1 N–H and O–H groups in total. The Morgan fingerprint density at radius 1 is 1.14 bits per heavy atom. The van der Waals surface area contributed by atoms with Crippen LogP contribution in [0.2, 0.25) is 0 Å². The molecule has 118 valence electrons. The molecule has 1 aromatic heterocycles. The first-order chi connectivity index (χ1) is 10.1. The van der Waals surface area contributed by atoms with Crippen molar-refractivity contribution in [2.24, 2.45) is 0 Å². The maximum Gasteiger partial charge on any atom is 0.346 e. The number of carboxylic acids is 1. The number of benzene rings is 1. The van der Waals surface area contributed by atoms with Crippen LogP contribution in [0.5, 0.6) is 0 Å². The summed E-state index contributed by atoms with van der Waals surface area (Å²) in [6.07, 6.45) is 0. The van der Waals surface area contributed by atoms with Crippen LogP contribution in [0, 0.1) is 20.8 Å². The number of hydrogen-bond acceptors (Lipinski definition) is 4. The maximum atomic E-state index is 12.7. The Hall–Kier alpha value is -1.86. The van der Waals surface area contributed by atoms with Gasteiger partial charge in [-0.05, 0) is 49.6 Å². The molecule has 0 bridgehead atoms. The highest BCUT2D eigenvalue weighted by atomic mass is 32.2. The van der Waals surface area contributed by atoms with E-state index in [1.807, 2.05) is 26.0 Å². The molecular weight excluding hydrogens is 322 g/mol. The molecule has 0 fully saturated rings. The molecular formula is C15H17NO4S2. The molecule has 0 saturated heterocycles. The Kier molecular flexibility index (Phi) is 4.30. The van der Waals surface area contributed by atoms with Crippen LogP contribution >= 0.6 is 11.3 Å². The molecule has 0 spiro atoms. The smallest absolute Gasteiger partial charge is 0.346 e. The van der Waals surface area contributed by atoms with Crippen LogP contribution in [0.3, 0.4) is 0 Å². The number of hydrogen-bond donors (Lipinski definition) is 1. The number of nitrogens with zero attached hydrogens (tertiary/aromatic N) is 1. The lowest BCUT2D eigenvalue weighted by Gasteiger charge is -2.21. The van der Waals surface area contributed by atoms with Gasteiger partial charge < -0.3 is 5.11 Å². The third-order valence-electron chi connectivity index (χ3n) is 3.41. The zero-order chi connectivity index (χ0) is 16.7. The lowest BCUT2D eigenvalue weighted by Crippen LogP contribution is -2.26. The molecule has 1 aromatic carbocycles. The van der Waals surface area contributed by atoms with Crippen LogP contribution in [-0.2, 0) is 10.0 Å². The van der Waals surface area contributed by atoms with Gasteiger partial charge in [0, 0.05) is 7.05 Å². The Balaban J connectivity index is 2.52. The van der Waals surface area contributed by atoms with E-state index in [-0.39, 0.29) is 9.09 Å². The Morgan fingerprint density at radius 3 is 2.32 bits per heavy atom. The normalized spacial score (nSPS) is 11.5. The van der Waals surface area contributed by atoms with E-state index >= 15 is 0 Å². The van der Waals surface area contributed by atoms with Gasteiger partial charge in [0.1, 0.15) is 9.09 Å². The van der Waals surface area contributed by atoms with Crippen molar-refractivity contribution in [1.82, 2.24) is 0 Å². The number of carbonyl (C=O) groups is 1. The summed E-state index contributed by atoms with van der Waals surface area (Å²) < 4.78 is 26.7. The van der Waals surface area contributed by atoms with E-state index < -0.39 is 16.0 Å². The number of carboxylic acid groups (broad SMARTS) is 1. The summed E-state index contributed by atoms with van der Waals surface area (Å²) in [4.78, 5) is 11.2. The Bertz CT molecular complexity index is 837. The van der Waals surface area contributed by atoms with E-state index in [0.29, 0.717) is 11.3 Å². The minimum Gasteiger partial charge on any atom is -0.477 e. The Labute approximate surface area is 133 Å². The van der Waals surface area contributed by atoms with Crippen LogP contribution in [0.25, 0.3) is 0 Å². The number of rotatable bonds is 4. The van der Waals surface area contributed by atoms with Crippen molar-refractivity contribution in [3.05, 3.63) is 45.8 Å². The maximum absolute atomic E-state index is 12.7.